The number of esters is 1. The fourth-order valence-electron chi connectivity index (χ4n) is 2.99. The molecule has 0 aliphatic rings. The maximum Gasteiger partial charge on any atom is 0.358 e. The lowest BCUT2D eigenvalue weighted by Crippen LogP contribution is -2.43. The van der Waals surface area contributed by atoms with Gasteiger partial charge in [-0.2, -0.15) is 0 Å². The molecule has 0 unspecified atom stereocenters. The summed E-state index contributed by atoms with van der Waals surface area (Å²) in [6, 6.07) is 7.00. The van der Waals surface area contributed by atoms with Crippen LogP contribution < -0.4 is 17.0 Å². The summed E-state index contributed by atoms with van der Waals surface area (Å²) in [5, 5.41) is 2.59. The molecule has 2 heterocycles. The van der Waals surface area contributed by atoms with Gasteiger partial charge in [0.1, 0.15) is 16.4 Å². The summed E-state index contributed by atoms with van der Waals surface area (Å²) in [7, 11) is 1.26. The largest absolute Gasteiger partial charge is 0.453 e. The van der Waals surface area contributed by atoms with Crippen LogP contribution in [0.3, 0.4) is 0 Å². The van der Waals surface area contributed by atoms with Crippen LogP contribution in [0, 0.1) is 5.92 Å². The number of anilines is 1. The molecule has 0 aliphatic carbocycles. The Hall–Kier alpha value is -3.24. The standard InChI is InChI=1S/C21H21ClN4O5S/c1-11(2)8-26-17(23)16(19(28)25(3)21(26)30)15(27)9-31-20(29)14-10-32-18(24-14)12-5-4-6-13(22)7-12/h4-7,10-11H,8-9,23H2,1-3H3. The van der Waals surface area contributed by atoms with Crippen LogP contribution in [0.1, 0.15) is 34.7 Å². The SMILES string of the molecule is CC(C)Cn1c(N)c(C(=O)COC(=O)c2csc(-c3cccc(Cl)c3)n2)c(=O)n(C)c1=O. The number of rotatable bonds is 7. The number of aromatic nitrogens is 3. The predicted molar refractivity (Wildman–Crippen MR) is 122 cm³/mol. The summed E-state index contributed by atoms with van der Waals surface area (Å²) in [5.41, 5.74) is 4.87. The Morgan fingerprint density at radius 2 is 2.00 bits per heavy atom. The molecule has 0 radical (unpaired) electrons. The summed E-state index contributed by atoms with van der Waals surface area (Å²) in [6.45, 7) is 3.24. The molecule has 0 aliphatic heterocycles. The van der Waals surface area contributed by atoms with Gasteiger partial charge in [-0.1, -0.05) is 37.6 Å². The summed E-state index contributed by atoms with van der Waals surface area (Å²) < 4.78 is 7.03. The summed E-state index contributed by atoms with van der Waals surface area (Å²) in [4.78, 5) is 54.1. The van der Waals surface area contributed by atoms with Crippen molar-refractivity contribution in [3.8, 4) is 10.6 Å². The second-order valence-electron chi connectivity index (χ2n) is 7.46. The third kappa shape index (κ3) is 4.81. The molecule has 9 nitrogen and oxygen atoms in total. The van der Waals surface area contributed by atoms with Crippen LogP contribution in [0.5, 0.6) is 0 Å². The van der Waals surface area contributed by atoms with Crippen molar-refractivity contribution in [1.29, 1.82) is 0 Å². The highest BCUT2D eigenvalue weighted by Gasteiger charge is 2.23. The van der Waals surface area contributed by atoms with E-state index in [0.29, 0.717) is 10.0 Å². The maximum atomic E-state index is 12.7. The minimum atomic E-state index is -0.842. The number of ketones is 1. The van der Waals surface area contributed by atoms with E-state index in [0.717, 1.165) is 10.1 Å². The number of carbonyl (C=O) groups excluding carboxylic acids is 2. The number of hydrogen-bond donors (Lipinski definition) is 1. The number of hydrogen-bond acceptors (Lipinski definition) is 8. The van der Waals surface area contributed by atoms with Gasteiger partial charge in [0.15, 0.2) is 12.3 Å². The smallest absolute Gasteiger partial charge is 0.358 e. The van der Waals surface area contributed by atoms with Gasteiger partial charge < -0.3 is 10.5 Å². The topological polar surface area (TPSA) is 126 Å². The zero-order chi connectivity index (χ0) is 23.6. The van der Waals surface area contributed by atoms with Crippen LogP contribution in [0.15, 0.2) is 39.2 Å². The average molecular weight is 477 g/mol. The van der Waals surface area contributed by atoms with E-state index < -0.39 is 35.2 Å². The van der Waals surface area contributed by atoms with E-state index in [1.807, 2.05) is 13.8 Å². The quantitative estimate of drug-likeness (QED) is 0.410. The van der Waals surface area contributed by atoms with E-state index in [4.69, 9.17) is 22.1 Å². The van der Waals surface area contributed by atoms with Gasteiger partial charge >= 0.3 is 11.7 Å². The molecule has 0 bridgehead atoms. The molecule has 2 N–H and O–H groups in total. The highest BCUT2D eigenvalue weighted by atomic mass is 35.5. The summed E-state index contributed by atoms with van der Waals surface area (Å²) in [5.74, 6) is -1.83. The van der Waals surface area contributed by atoms with E-state index in [9.17, 15) is 19.2 Å². The van der Waals surface area contributed by atoms with Crippen molar-refractivity contribution in [2.24, 2.45) is 13.0 Å². The first kappa shape index (κ1) is 23.4. The first-order chi connectivity index (χ1) is 15.1. The molecule has 0 fully saturated rings. The third-order valence-corrected chi connectivity index (χ3v) is 5.66. The summed E-state index contributed by atoms with van der Waals surface area (Å²) >= 11 is 7.20. The molecule has 0 saturated carbocycles. The highest BCUT2D eigenvalue weighted by molar-refractivity contribution is 7.13. The zero-order valence-electron chi connectivity index (χ0n) is 17.6. The fraction of sp³-hybridized carbons (Fsp3) is 0.286. The molecular weight excluding hydrogens is 456 g/mol. The third-order valence-electron chi connectivity index (χ3n) is 4.53. The first-order valence-electron chi connectivity index (χ1n) is 9.61. The van der Waals surface area contributed by atoms with E-state index in [2.05, 4.69) is 4.98 Å². The van der Waals surface area contributed by atoms with E-state index in [1.165, 1.54) is 28.3 Å². The normalized spacial score (nSPS) is 11.0. The molecule has 0 spiro atoms. The van der Waals surface area contributed by atoms with Crippen LogP contribution in [0.4, 0.5) is 5.82 Å². The number of Topliss-reactive ketones (excluding diaryl/α,β-unsaturated/α-hetero) is 1. The van der Waals surface area contributed by atoms with Gasteiger partial charge in [-0.25, -0.2) is 14.6 Å². The molecule has 0 saturated heterocycles. The molecule has 1 aromatic carbocycles. The van der Waals surface area contributed by atoms with Gasteiger partial charge in [-0.05, 0) is 18.1 Å². The Labute approximate surface area is 192 Å². The first-order valence-corrected chi connectivity index (χ1v) is 10.9. The van der Waals surface area contributed by atoms with Crippen molar-refractivity contribution < 1.29 is 14.3 Å². The maximum absolute atomic E-state index is 12.7. The molecule has 3 rings (SSSR count). The van der Waals surface area contributed by atoms with Crippen molar-refractivity contribution >= 4 is 40.5 Å². The lowest BCUT2D eigenvalue weighted by atomic mass is 10.1. The Kier molecular flexibility index (Phi) is 6.95. The average Bonchev–Trinajstić information content (AvgIpc) is 3.24. The van der Waals surface area contributed by atoms with Gasteiger partial charge in [0, 0.05) is 29.6 Å². The van der Waals surface area contributed by atoms with Crippen molar-refractivity contribution in [1.82, 2.24) is 14.1 Å². The van der Waals surface area contributed by atoms with Crippen molar-refractivity contribution in [3.63, 3.8) is 0 Å². The molecule has 32 heavy (non-hydrogen) atoms. The monoisotopic (exact) mass is 476 g/mol. The number of thiazole rings is 1. The van der Waals surface area contributed by atoms with Crippen LogP contribution in [0.25, 0.3) is 10.6 Å². The van der Waals surface area contributed by atoms with Gasteiger partial charge in [0.05, 0.1) is 0 Å². The zero-order valence-corrected chi connectivity index (χ0v) is 19.2. The number of nitrogen functional groups attached to an aromatic ring is 1. The predicted octanol–water partition coefficient (Wildman–Crippen LogP) is 2.60. The van der Waals surface area contributed by atoms with Crippen LogP contribution in [0.2, 0.25) is 5.02 Å². The Morgan fingerprint density at radius 3 is 2.66 bits per heavy atom. The van der Waals surface area contributed by atoms with Gasteiger partial charge in [-0.15, -0.1) is 11.3 Å². The number of ether oxygens (including phenoxy) is 1. The second-order valence-corrected chi connectivity index (χ2v) is 8.75. The number of carbonyl (C=O) groups is 2. The molecule has 11 heteroatoms. The summed E-state index contributed by atoms with van der Waals surface area (Å²) in [6.07, 6.45) is 0. The Bertz CT molecular complexity index is 1310. The van der Waals surface area contributed by atoms with Crippen molar-refractivity contribution in [2.75, 3.05) is 12.3 Å². The lowest BCUT2D eigenvalue weighted by Gasteiger charge is -2.16. The Morgan fingerprint density at radius 1 is 1.28 bits per heavy atom. The molecule has 2 aromatic heterocycles. The van der Waals surface area contributed by atoms with Gasteiger partial charge in [0.2, 0.25) is 5.78 Å². The van der Waals surface area contributed by atoms with Crippen molar-refractivity contribution in [3.05, 3.63) is 66.8 Å². The van der Waals surface area contributed by atoms with Gasteiger partial charge in [-0.3, -0.25) is 18.7 Å². The van der Waals surface area contributed by atoms with Crippen molar-refractivity contribution in [2.45, 2.75) is 20.4 Å². The van der Waals surface area contributed by atoms with Gasteiger partial charge in [0.25, 0.3) is 5.56 Å². The molecule has 3 aromatic rings. The molecule has 0 atom stereocenters. The molecule has 168 valence electrons. The highest BCUT2D eigenvalue weighted by Crippen LogP contribution is 2.26. The van der Waals surface area contributed by atoms with Crippen LogP contribution in [-0.2, 0) is 18.3 Å². The number of benzene rings is 1. The fourth-order valence-corrected chi connectivity index (χ4v) is 3.96. The second kappa shape index (κ2) is 9.49. The number of halogens is 1. The number of nitrogens with two attached hydrogens (primary N) is 1. The minimum absolute atomic E-state index is 0.0171. The van der Waals surface area contributed by atoms with Crippen LogP contribution in [-0.4, -0.2) is 32.5 Å². The number of nitrogens with zero attached hydrogens (tertiary/aromatic N) is 3. The van der Waals surface area contributed by atoms with Crippen LogP contribution >= 0.6 is 22.9 Å². The van der Waals surface area contributed by atoms with E-state index >= 15 is 0 Å². The van der Waals surface area contributed by atoms with E-state index in [1.54, 1.807) is 24.3 Å². The minimum Gasteiger partial charge on any atom is -0.453 e. The molecule has 0 amide bonds. The van der Waals surface area contributed by atoms with E-state index in [-0.39, 0.29) is 24.0 Å². The Balaban J connectivity index is 1.79. The lowest BCUT2D eigenvalue weighted by molar-refractivity contribution is 0.0469. The molecular formula is C21H21ClN4O5S.